The molecule has 0 amide bonds. The molecule has 2 heteroatoms. The molecule has 0 nitrogen and oxygen atoms in total. The number of hydrogen-bond acceptors (Lipinski definition) is 2. The molecule has 1 aromatic heterocycles. The van der Waals surface area contributed by atoms with Gasteiger partial charge in [-0.3, -0.25) is 0 Å². The SMILES string of the molecule is CC(C)CCCC(C)CCCC(C)CCCC(C)CCSc1cccs1. The van der Waals surface area contributed by atoms with E-state index in [9.17, 15) is 0 Å². The Morgan fingerprint density at radius 3 is 1.69 bits per heavy atom. The van der Waals surface area contributed by atoms with Crippen molar-refractivity contribution < 1.29 is 0 Å². The fourth-order valence-corrected chi connectivity index (χ4v) is 5.68. The quantitative estimate of drug-likeness (QED) is 0.251. The van der Waals surface area contributed by atoms with Crippen molar-refractivity contribution in [2.45, 2.75) is 103 Å². The van der Waals surface area contributed by atoms with Crippen LogP contribution in [0, 0.1) is 23.7 Å². The van der Waals surface area contributed by atoms with Crippen LogP contribution in [0.25, 0.3) is 0 Å². The Morgan fingerprint density at radius 2 is 1.23 bits per heavy atom. The van der Waals surface area contributed by atoms with E-state index in [1.54, 1.807) is 0 Å². The molecule has 26 heavy (non-hydrogen) atoms. The van der Waals surface area contributed by atoms with Gasteiger partial charge in [-0.25, -0.2) is 0 Å². The lowest BCUT2D eigenvalue weighted by Gasteiger charge is -2.16. The van der Waals surface area contributed by atoms with Crippen molar-refractivity contribution >= 4 is 23.1 Å². The van der Waals surface area contributed by atoms with Gasteiger partial charge in [0.25, 0.3) is 0 Å². The lowest BCUT2D eigenvalue weighted by molar-refractivity contribution is 0.377. The molecular formula is C24H44S2. The molecule has 0 aliphatic rings. The second-order valence-corrected chi connectivity index (χ2v) is 11.4. The van der Waals surface area contributed by atoms with Crippen molar-refractivity contribution in [3.63, 3.8) is 0 Å². The molecule has 1 aromatic rings. The molecule has 3 unspecified atom stereocenters. The molecule has 0 fully saturated rings. The Kier molecular flexibility index (Phi) is 13.9. The Morgan fingerprint density at radius 1 is 0.731 bits per heavy atom. The summed E-state index contributed by atoms with van der Waals surface area (Å²) < 4.78 is 1.48. The van der Waals surface area contributed by atoms with Crippen LogP contribution in [0.2, 0.25) is 0 Å². The van der Waals surface area contributed by atoms with E-state index in [1.807, 2.05) is 23.1 Å². The van der Waals surface area contributed by atoms with Crippen LogP contribution >= 0.6 is 23.1 Å². The summed E-state index contributed by atoms with van der Waals surface area (Å²) in [5.74, 6) is 4.90. The van der Waals surface area contributed by atoms with E-state index in [0.717, 1.165) is 23.7 Å². The molecule has 0 bridgehead atoms. The molecule has 1 heterocycles. The molecule has 3 atom stereocenters. The third kappa shape index (κ3) is 13.3. The highest BCUT2D eigenvalue weighted by molar-refractivity contribution is 8.01. The van der Waals surface area contributed by atoms with E-state index >= 15 is 0 Å². The number of thioether (sulfide) groups is 1. The molecule has 0 aliphatic carbocycles. The van der Waals surface area contributed by atoms with Gasteiger partial charge in [0, 0.05) is 0 Å². The van der Waals surface area contributed by atoms with Gasteiger partial charge in [0.15, 0.2) is 0 Å². The van der Waals surface area contributed by atoms with E-state index in [0.29, 0.717) is 0 Å². The van der Waals surface area contributed by atoms with Crippen LogP contribution in [-0.4, -0.2) is 5.75 Å². The average molecular weight is 397 g/mol. The highest BCUT2D eigenvalue weighted by Gasteiger charge is 2.08. The number of hydrogen-bond donors (Lipinski definition) is 0. The molecule has 1 rings (SSSR count). The van der Waals surface area contributed by atoms with Gasteiger partial charge in [-0.05, 0) is 47.3 Å². The maximum atomic E-state index is 2.47. The Balaban J connectivity index is 1.94. The predicted molar refractivity (Wildman–Crippen MR) is 124 cm³/mol. The maximum absolute atomic E-state index is 2.47. The van der Waals surface area contributed by atoms with Gasteiger partial charge in [-0.15, -0.1) is 23.1 Å². The molecule has 0 N–H and O–H groups in total. The first-order valence-electron chi connectivity index (χ1n) is 11.1. The van der Waals surface area contributed by atoms with Crippen molar-refractivity contribution in [1.82, 2.24) is 0 Å². The highest BCUT2D eigenvalue weighted by atomic mass is 32.2. The topological polar surface area (TPSA) is 0 Å². The minimum absolute atomic E-state index is 0.874. The van der Waals surface area contributed by atoms with E-state index in [2.05, 4.69) is 52.1 Å². The zero-order valence-corrected chi connectivity index (χ0v) is 19.8. The molecule has 0 saturated heterocycles. The summed E-state index contributed by atoms with van der Waals surface area (Å²) in [6.45, 7) is 12.1. The maximum Gasteiger partial charge on any atom is 0.0598 e. The number of thiophene rings is 1. The van der Waals surface area contributed by atoms with Gasteiger partial charge >= 0.3 is 0 Å². The average Bonchev–Trinajstić information content (AvgIpc) is 3.08. The summed E-state index contributed by atoms with van der Waals surface area (Å²) in [7, 11) is 0. The molecule has 0 radical (unpaired) electrons. The largest absolute Gasteiger partial charge is 0.137 e. The monoisotopic (exact) mass is 396 g/mol. The van der Waals surface area contributed by atoms with Crippen LogP contribution in [-0.2, 0) is 0 Å². The van der Waals surface area contributed by atoms with Crippen molar-refractivity contribution in [2.75, 3.05) is 5.75 Å². The van der Waals surface area contributed by atoms with Crippen LogP contribution in [0.3, 0.4) is 0 Å². The molecule has 0 aromatic carbocycles. The normalized spacial score (nSPS) is 15.3. The summed E-state index contributed by atoms with van der Waals surface area (Å²) in [6, 6.07) is 4.40. The second kappa shape index (κ2) is 15.0. The minimum Gasteiger partial charge on any atom is -0.137 e. The summed E-state index contributed by atoms with van der Waals surface area (Å²) in [4.78, 5) is 0. The standard InChI is InChI=1S/C24H44S2/c1-20(2)10-6-11-21(3)12-7-13-22(4)14-8-15-23(5)17-19-26-24-16-9-18-25-24/h9,16,18,20-23H,6-8,10-15,17,19H2,1-5H3. The summed E-state index contributed by atoms with van der Waals surface area (Å²) in [6.07, 6.45) is 14.2. The number of rotatable bonds is 16. The zero-order valence-electron chi connectivity index (χ0n) is 18.1. The lowest BCUT2D eigenvalue weighted by atomic mass is 9.91. The fraction of sp³-hybridized carbons (Fsp3) is 0.833. The van der Waals surface area contributed by atoms with Crippen molar-refractivity contribution in [3.05, 3.63) is 17.5 Å². The first-order valence-corrected chi connectivity index (χ1v) is 13.0. The first kappa shape index (κ1) is 24.1. The fourth-order valence-electron chi connectivity index (χ4n) is 3.64. The summed E-state index contributed by atoms with van der Waals surface area (Å²) >= 11 is 3.91. The van der Waals surface area contributed by atoms with E-state index in [4.69, 9.17) is 0 Å². The summed E-state index contributed by atoms with van der Waals surface area (Å²) in [5.41, 5.74) is 0. The van der Waals surface area contributed by atoms with Gasteiger partial charge in [-0.2, -0.15) is 0 Å². The van der Waals surface area contributed by atoms with Crippen LogP contribution in [0.15, 0.2) is 21.7 Å². The van der Waals surface area contributed by atoms with Crippen LogP contribution in [0.1, 0.15) is 98.8 Å². The van der Waals surface area contributed by atoms with Gasteiger partial charge in [-0.1, -0.05) is 98.5 Å². The van der Waals surface area contributed by atoms with Crippen LogP contribution < -0.4 is 0 Å². The van der Waals surface area contributed by atoms with Crippen molar-refractivity contribution in [2.24, 2.45) is 23.7 Å². The van der Waals surface area contributed by atoms with Gasteiger partial charge in [0.05, 0.1) is 4.21 Å². The van der Waals surface area contributed by atoms with Crippen LogP contribution in [0.4, 0.5) is 0 Å². The lowest BCUT2D eigenvalue weighted by Crippen LogP contribution is -2.02. The van der Waals surface area contributed by atoms with E-state index in [1.165, 1.54) is 74.2 Å². The smallest absolute Gasteiger partial charge is 0.0598 e. The third-order valence-electron chi connectivity index (χ3n) is 5.62. The van der Waals surface area contributed by atoms with E-state index < -0.39 is 0 Å². The van der Waals surface area contributed by atoms with Gasteiger partial charge in [0.2, 0.25) is 0 Å². The Bertz CT molecular complexity index is 410. The van der Waals surface area contributed by atoms with E-state index in [-0.39, 0.29) is 0 Å². The summed E-state index contributed by atoms with van der Waals surface area (Å²) in [5, 5.41) is 2.18. The molecule has 152 valence electrons. The third-order valence-corrected chi connectivity index (χ3v) is 7.78. The Labute approximate surface area is 172 Å². The molecule has 0 spiro atoms. The predicted octanol–water partition coefficient (Wildman–Crippen LogP) is 9.31. The first-order chi connectivity index (χ1) is 12.5. The molecule has 0 aliphatic heterocycles. The van der Waals surface area contributed by atoms with Crippen molar-refractivity contribution in [3.8, 4) is 0 Å². The second-order valence-electron chi connectivity index (χ2n) is 9.07. The van der Waals surface area contributed by atoms with Gasteiger partial charge < -0.3 is 0 Å². The van der Waals surface area contributed by atoms with Crippen molar-refractivity contribution in [1.29, 1.82) is 0 Å². The minimum atomic E-state index is 0.874. The zero-order chi connectivity index (χ0) is 19.2. The van der Waals surface area contributed by atoms with Crippen LogP contribution in [0.5, 0.6) is 0 Å². The highest BCUT2D eigenvalue weighted by Crippen LogP contribution is 2.27. The molecular weight excluding hydrogens is 352 g/mol. The van der Waals surface area contributed by atoms with Gasteiger partial charge in [0.1, 0.15) is 0 Å². The Hall–Kier alpha value is 0.0500. The molecule has 0 saturated carbocycles.